The zero-order chi connectivity index (χ0) is 14.1. The molecule has 0 unspecified atom stereocenters. The van der Waals surface area contributed by atoms with Gasteiger partial charge in [0, 0.05) is 21.8 Å². The summed E-state index contributed by atoms with van der Waals surface area (Å²) in [4.78, 5) is 11.0. The second kappa shape index (κ2) is 4.85. The fourth-order valence-corrected chi connectivity index (χ4v) is 1.99. The Balaban J connectivity index is 3.04. The van der Waals surface area contributed by atoms with Crippen LogP contribution in [-0.4, -0.2) is 14.3 Å². The molecule has 0 aliphatic rings. The van der Waals surface area contributed by atoms with Gasteiger partial charge in [0.25, 0.3) is 9.05 Å². The van der Waals surface area contributed by atoms with E-state index in [1.807, 2.05) is 0 Å². The molecule has 0 aliphatic heterocycles. The summed E-state index contributed by atoms with van der Waals surface area (Å²) < 4.78 is 35.4. The van der Waals surface area contributed by atoms with Crippen LogP contribution >= 0.6 is 10.7 Å². The van der Waals surface area contributed by atoms with Crippen LogP contribution in [0.3, 0.4) is 0 Å². The van der Waals surface area contributed by atoms with E-state index in [1.54, 1.807) is 20.8 Å². The number of anilines is 1. The van der Waals surface area contributed by atoms with Crippen molar-refractivity contribution in [2.75, 3.05) is 5.32 Å². The highest BCUT2D eigenvalue weighted by Crippen LogP contribution is 2.23. The Labute approximate surface area is 110 Å². The van der Waals surface area contributed by atoms with Crippen LogP contribution in [0.1, 0.15) is 20.8 Å². The van der Waals surface area contributed by atoms with Gasteiger partial charge in [0.1, 0.15) is 10.7 Å². The molecule has 1 rings (SSSR count). The third-order valence-electron chi connectivity index (χ3n) is 2.13. The van der Waals surface area contributed by atoms with Gasteiger partial charge in [-0.25, -0.2) is 12.8 Å². The lowest BCUT2D eigenvalue weighted by atomic mass is 9.95. The number of carbonyl (C=O) groups excluding carboxylic acids is 1. The maximum atomic E-state index is 13.5. The normalized spacial score (nSPS) is 12.3. The van der Waals surface area contributed by atoms with Crippen LogP contribution < -0.4 is 5.32 Å². The Morgan fingerprint density at radius 3 is 2.28 bits per heavy atom. The topological polar surface area (TPSA) is 63.2 Å². The minimum absolute atomic E-state index is 0.177. The second-order valence-electron chi connectivity index (χ2n) is 4.79. The quantitative estimate of drug-likeness (QED) is 0.853. The number of halogens is 2. The highest BCUT2D eigenvalue weighted by Gasteiger charge is 2.22. The number of hydrogen-bond acceptors (Lipinski definition) is 3. The van der Waals surface area contributed by atoms with Crippen LogP contribution in [0.2, 0.25) is 0 Å². The summed E-state index contributed by atoms with van der Waals surface area (Å²) >= 11 is 0. The van der Waals surface area contributed by atoms with E-state index in [4.69, 9.17) is 10.7 Å². The molecule has 0 bridgehead atoms. The smallest absolute Gasteiger partial charge is 0.264 e. The van der Waals surface area contributed by atoms with Gasteiger partial charge in [-0.2, -0.15) is 0 Å². The summed E-state index contributed by atoms with van der Waals surface area (Å²) in [7, 11) is 0.917. The Hall–Kier alpha value is -1.14. The molecule has 0 aromatic heterocycles. The van der Waals surface area contributed by atoms with E-state index in [-0.39, 0.29) is 11.6 Å². The fourth-order valence-electron chi connectivity index (χ4n) is 1.09. The summed E-state index contributed by atoms with van der Waals surface area (Å²) in [5, 5.41) is 2.48. The lowest BCUT2D eigenvalue weighted by Gasteiger charge is -2.17. The van der Waals surface area contributed by atoms with Crippen LogP contribution in [0.4, 0.5) is 10.1 Å². The minimum Gasteiger partial charge on any atom is -0.326 e. The predicted molar refractivity (Wildman–Crippen MR) is 67.5 cm³/mol. The molecule has 4 nitrogen and oxygen atoms in total. The lowest BCUT2D eigenvalue weighted by molar-refractivity contribution is -0.123. The number of hydrogen-bond donors (Lipinski definition) is 1. The van der Waals surface area contributed by atoms with Gasteiger partial charge in [0.05, 0.1) is 0 Å². The van der Waals surface area contributed by atoms with Gasteiger partial charge in [-0.15, -0.1) is 0 Å². The Morgan fingerprint density at radius 2 is 1.89 bits per heavy atom. The highest BCUT2D eigenvalue weighted by atomic mass is 35.7. The molecule has 18 heavy (non-hydrogen) atoms. The van der Waals surface area contributed by atoms with Crippen molar-refractivity contribution in [3.63, 3.8) is 0 Å². The van der Waals surface area contributed by atoms with Gasteiger partial charge >= 0.3 is 0 Å². The Bertz CT molecular complexity index is 578. The molecule has 100 valence electrons. The van der Waals surface area contributed by atoms with Crippen LogP contribution in [0, 0.1) is 11.2 Å². The molecule has 0 atom stereocenters. The van der Waals surface area contributed by atoms with Crippen molar-refractivity contribution >= 4 is 31.3 Å². The molecule has 0 spiro atoms. The molecule has 0 radical (unpaired) electrons. The predicted octanol–water partition coefficient (Wildman–Crippen LogP) is 2.74. The molecule has 1 aromatic rings. The molecule has 0 heterocycles. The monoisotopic (exact) mass is 293 g/mol. The summed E-state index contributed by atoms with van der Waals surface area (Å²) in [5.74, 6) is -1.31. The van der Waals surface area contributed by atoms with Crippen LogP contribution in [0.15, 0.2) is 23.1 Å². The summed E-state index contributed by atoms with van der Waals surface area (Å²) in [6.07, 6.45) is 0. The van der Waals surface area contributed by atoms with Crippen molar-refractivity contribution in [2.24, 2.45) is 5.41 Å². The summed E-state index contributed by atoms with van der Waals surface area (Å²) in [5.41, 5.74) is -0.454. The average molecular weight is 294 g/mol. The first-order valence-corrected chi connectivity index (χ1v) is 7.38. The summed E-state index contributed by atoms with van der Waals surface area (Å²) in [6.45, 7) is 5.11. The van der Waals surface area contributed by atoms with Crippen molar-refractivity contribution in [1.82, 2.24) is 0 Å². The molecule has 7 heteroatoms. The van der Waals surface area contributed by atoms with Crippen molar-refractivity contribution in [1.29, 1.82) is 0 Å². The number of rotatable bonds is 2. The van der Waals surface area contributed by atoms with Crippen molar-refractivity contribution in [2.45, 2.75) is 25.7 Å². The number of carbonyl (C=O) groups is 1. The average Bonchev–Trinajstić information content (AvgIpc) is 2.13. The number of benzene rings is 1. The highest BCUT2D eigenvalue weighted by molar-refractivity contribution is 8.13. The van der Waals surface area contributed by atoms with E-state index in [0.29, 0.717) is 0 Å². The number of nitrogens with one attached hydrogen (secondary N) is 1. The van der Waals surface area contributed by atoms with Gasteiger partial charge in [-0.1, -0.05) is 20.8 Å². The van der Waals surface area contributed by atoms with E-state index in [2.05, 4.69) is 5.32 Å². The first kappa shape index (κ1) is 14.9. The maximum absolute atomic E-state index is 13.5. The van der Waals surface area contributed by atoms with E-state index < -0.39 is 25.2 Å². The third-order valence-corrected chi connectivity index (χ3v) is 3.49. The molecule has 0 aliphatic carbocycles. The maximum Gasteiger partial charge on any atom is 0.264 e. The van der Waals surface area contributed by atoms with E-state index in [0.717, 1.165) is 12.1 Å². The van der Waals surface area contributed by atoms with Gasteiger partial charge in [0.15, 0.2) is 0 Å². The van der Waals surface area contributed by atoms with Gasteiger partial charge in [0.2, 0.25) is 5.91 Å². The third kappa shape index (κ3) is 3.68. The van der Waals surface area contributed by atoms with Crippen molar-refractivity contribution in [3.05, 3.63) is 24.0 Å². The molecule has 1 aromatic carbocycles. The molecule has 0 fully saturated rings. The Morgan fingerprint density at radius 1 is 1.33 bits per heavy atom. The van der Waals surface area contributed by atoms with Crippen LogP contribution in [0.5, 0.6) is 0 Å². The van der Waals surface area contributed by atoms with Crippen LogP contribution in [0.25, 0.3) is 0 Å². The molecular weight excluding hydrogens is 281 g/mol. The first-order valence-electron chi connectivity index (χ1n) is 5.07. The van der Waals surface area contributed by atoms with Gasteiger partial charge < -0.3 is 5.32 Å². The molecule has 1 N–H and O–H groups in total. The zero-order valence-electron chi connectivity index (χ0n) is 10.1. The van der Waals surface area contributed by atoms with E-state index in [1.165, 1.54) is 6.07 Å². The molecule has 0 saturated heterocycles. The summed E-state index contributed by atoms with van der Waals surface area (Å²) in [6, 6.07) is 3.21. The second-order valence-corrected chi connectivity index (χ2v) is 7.32. The van der Waals surface area contributed by atoms with Crippen molar-refractivity contribution < 1.29 is 17.6 Å². The molecular formula is C11H13ClFNO3S. The zero-order valence-corrected chi connectivity index (χ0v) is 11.7. The largest absolute Gasteiger partial charge is 0.326 e. The van der Waals surface area contributed by atoms with Crippen molar-refractivity contribution in [3.8, 4) is 0 Å². The first-order chi connectivity index (χ1) is 8.01. The molecule has 0 saturated carbocycles. The van der Waals surface area contributed by atoms with Gasteiger partial charge in [-0.3, -0.25) is 4.79 Å². The van der Waals surface area contributed by atoms with Crippen LogP contribution in [-0.2, 0) is 13.8 Å². The van der Waals surface area contributed by atoms with E-state index >= 15 is 0 Å². The minimum atomic E-state index is -4.12. The Kier molecular flexibility index (Phi) is 4.02. The lowest BCUT2D eigenvalue weighted by Crippen LogP contribution is -2.27. The van der Waals surface area contributed by atoms with E-state index in [9.17, 15) is 17.6 Å². The number of amides is 1. The molecule has 1 amide bonds. The van der Waals surface area contributed by atoms with Gasteiger partial charge in [-0.05, 0) is 18.2 Å². The SMILES string of the molecule is CC(C)(C)C(=O)Nc1ccc(S(=O)(=O)Cl)c(F)c1. The fraction of sp³-hybridized carbons (Fsp3) is 0.364. The standard InChI is InChI=1S/C11H13ClFNO3S/c1-11(2,3)10(15)14-7-4-5-9(8(13)6-7)18(12,16)17/h4-6H,1-3H3,(H,14,15).